The summed E-state index contributed by atoms with van der Waals surface area (Å²) in [5, 5.41) is 0. The Balaban J connectivity index is 3.03. The van der Waals surface area contributed by atoms with Crippen LogP contribution in [0, 0.1) is 12.8 Å². The standard InChI is InChI=1S/C15H26N2O2/c1-6-12(9-16)10-17(3)13-8-14(18-4)11(2)7-15(13)19-5/h7-8,12H,6,9-10,16H2,1-5H3. The lowest BCUT2D eigenvalue weighted by molar-refractivity contribution is 0.399. The van der Waals surface area contributed by atoms with Gasteiger partial charge >= 0.3 is 0 Å². The molecule has 0 aliphatic rings. The van der Waals surface area contributed by atoms with E-state index in [-0.39, 0.29) is 0 Å². The minimum atomic E-state index is 0.488. The SMILES string of the molecule is CCC(CN)CN(C)c1cc(OC)c(C)cc1OC. The van der Waals surface area contributed by atoms with Gasteiger partial charge < -0.3 is 20.1 Å². The van der Waals surface area contributed by atoms with E-state index in [0.29, 0.717) is 12.5 Å². The number of nitrogens with two attached hydrogens (primary N) is 1. The Morgan fingerprint density at radius 3 is 2.32 bits per heavy atom. The van der Waals surface area contributed by atoms with Gasteiger partial charge in [0.1, 0.15) is 11.5 Å². The lowest BCUT2D eigenvalue weighted by Crippen LogP contribution is -2.30. The summed E-state index contributed by atoms with van der Waals surface area (Å²) in [4.78, 5) is 2.18. The van der Waals surface area contributed by atoms with Gasteiger partial charge in [-0.1, -0.05) is 13.3 Å². The first-order valence-electron chi connectivity index (χ1n) is 6.71. The zero-order chi connectivity index (χ0) is 14.4. The summed E-state index contributed by atoms with van der Waals surface area (Å²) in [6, 6.07) is 4.03. The Morgan fingerprint density at radius 1 is 1.21 bits per heavy atom. The third-order valence-corrected chi connectivity index (χ3v) is 3.55. The maximum Gasteiger partial charge on any atom is 0.142 e. The Hall–Kier alpha value is -1.42. The average molecular weight is 266 g/mol. The summed E-state index contributed by atoms with van der Waals surface area (Å²) in [5.41, 5.74) is 7.89. The van der Waals surface area contributed by atoms with Crippen molar-refractivity contribution in [3.05, 3.63) is 17.7 Å². The quantitative estimate of drug-likeness (QED) is 0.823. The summed E-state index contributed by atoms with van der Waals surface area (Å²) >= 11 is 0. The van der Waals surface area contributed by atoms with Gasteiger partial charge in [-0.2, -0.15) is 0 Å². The van der Waals surface area contributed by atoms with Crippen LogP contribution < -0.4 is 20.1 Å². The summed E-state index contributed by atoms with van der Waals surface area (Å²) in [6.45, 7) is 5.79. The second-order valence-electron chi connectivity index (χ2n) is 4.88. The van der Waals surface area contributed by atoms with Gasteiger partial charge in [0.2, 0.25) is 0 Å². The number of nitrogens with zero attached hydrogens (tertiary/aromatic N) is 1. The molecule has 0 heterocycles. The summed E-state index contributed by atoms with van der Waals surface area (Å²) in [7, 11) is 5.44. The number of rotatable bonds is 7. The molecule has 1 aromatic rings. The van der Waals surface area contributed by atoms with Crippen LogP contribution in [0.15, 0.2) is 12.1 Å². The molecule has 0 fully saturated rings. The molecule has 0 amide bonds. The molecule has 108 valence electrons. The molecular formula is C15H26N2O2. The number of aryl methyl sites for hydroxylation is 1. The molecule has 1 aromatic carbocycles. The highest BCUT2D eigenvalue weighted by atomic mass is 16.5. The molecule has 1 atom stereocenters. The van der Waals surface area contributed by atoms with Gasteiger partial charge in [-0.05, 0) is 31.0 Å². The van der Waals surface area contributed by atoms with E-state index in [2.05, 4.69) is 18.9 Å². The molecule has 0 aromatic heterocycles. The third-order valence-electron chi connectivity index (χ3n) is 3.55. The van der Waals surface area contributed by atoms with Crippen LogP contribution in [0.5, 0.6) is 11.5 Å². The largest absolute Gasteiger partial charge is 0.496 e. The molecule has 0 aliphatic carbocycles. The van der Waals surface area contributed by atoms with Crippen LogP contribution in [0.25, 0.3) is 0 Å². The van der Waals surface area contributed by atoms with Crippen molar-refractivity contribution in [1.29, 1.82) is 0 Å². The second kappa shape index (κ2) is 7.24. The van der Waals surface area contributed by atoms with Crippen molar-refractivity contribution in [3.8, 4) is 11.5 Å². The van der Waals surface area contributed by atoms with Crippen LogP contribution in [-0.2, 0) is 0 Å². The second-order valence-corrected chi connectivity index (χ2v) is 4.88. The topological polar surface area (TPSA) is 47.7 Å². The van der Waals surface area contributed by atoms with Crippen molar-refractivity contribution >= 4 is 5.69 Å². The van der Waals surface area contributed by atoms with Gasteiger partial charge in [-0.25, -0.2) is 0 Å². The van der Waals surface area contributed by atoms with Crippen molar-refractivity contribution in [2.75, 3.05) is 39.3 Å². The van der Waals surface area contributed by atoms with Crippen molar-refractivity contribution in [3.63, 3.8) is 0 Å². The van der Waals surface area contributed by atoms with Crippen LogP contribution in [0.1, 0.15) is 18.9 Å². The van der Waals surface area contributed by atoms with E-state index in [1.165, 1.54) is 0 Å². The average Bonchev–Trinajstić information content (AvgIpc) is 2.43. The highest BCUT2D eigenvalue weighted by Crippen LogP contribution is 2.34. The third kappa shape index (κ3) is 3.77. The Kier molecular flexibility index (Phi) is 5.96. The number of anilines is 1. The number of benzene rings is 1. The molecule has 19 heavy (non-hydrogen) atoms. The highest BCUT2D eigenvalue weighted by molar-refractivity contribution is 5.63. The lowest BCUT2D eigenvalue weighted by Gasteiger charge is -2.26. The van der Waals surface area contributed by atoms with Crippen LogP contribution in [0.3, 0.4) is 0 Å². The Morgan fingerprint density at radius 2 is 1.84 bits per heavy atom. The summed E-state index contributed by atoms with van der Waals surface area (Å²) < 4.78 is 10.9. The van der Waals surface area contributed by atoms with E-state index in [0.717, 1.165) is 35.7 Å². The smallest absolute Gasteiger partial charge is 0.142 e. The summed E-state index contributed by atoms with van der Waals surface area (Å²) in [6.07, 6.45) is 1.08. The maximum atomic E-state index is 5.78. The number of hydrogen-bond acceptors (Lipinski definition) is 4. The predicted octanol–water partition coefficient (Wildman–Crippen LogP) is 2.43. The molecule has 0 saturated carbocycles. The van der Waals surface area contributed by atoms with E-state index in [9.17, 15) is 0 Å². The zero-order valence-electron chi connectivity index (χ0n) is 12.7. The van der Waals surface area contributed by atoms with Crippen LogP contribution in [0.2, 0.25) is 0 Å². The first kappa shape index (κ1) is 15.6. The lowest BCUT2D eigenvalue weighted by atomic mass is 10.1. The Bertz CT molecular complexity index is 403. The first-order valence-corrected chi connectivity index (χ1v) is 6.71. The van der Waals surface area contributed by atoms with Crippen molar-refractivity contribution in [2.24, 2.45) is 11.7 Å². The number of hydrogen-bond donors (Lipinski definition) is 1. The molecule has 0 aliphatic heterocycles. The Labute approximate surface area is 116 Å². The van der Waals surface area contributed by atoms with Gasteiger partial charge in [-0.3, -0.25) is 0 Å². The fourth-order valence-electron chi connectivity index (χ4n) is 2.19. The van der Waals surface area contributed by atoms with E-state index in [1.54, 1.807) is 14.2 Å². The molecule has 1 rings (SSSR count). The molecule has 0 radical (unpaired) electrons. The van der Waals surface area contributed by atoms with E-state index in [4.69, 9.17) is 15.2 Å². The van der Waals surface area contributed by atoms with Gasteiger partial charge in [0.25, 0.3) is 0 Å². The minimum Gasteiger partial charge on any atom is -0.496 e. The van der Waals surface area contributed by atoms with Crippen molar-refractivity contribution < 1.29 is 9.47 Å². The normalized spacial score (nSPS) is 12.1. The van der Waals surface area contributed by atoms with Gasteiger partial charge in [0.05, 0.1) is 19.9 Å². The molecule has 4 heteroatoms. The van der Waals surface area contributed by atoms with E-state index < -0.39 is 0 Å². The van der Waals surface area contributed by atoms with Crippen molar-refractivity contribution in [1.82, 2.24) is 0 Å². The molecule has 2 N–H and O–H groups in total. The zero-order valence-corrected chi connectivity index (χ0v) is 12.7. The van der Waals surface area contributed by atoms with Gasteiger partial charge in [-0.15, -0.1) is 0 Å². The molecule has 1 unspecified atom stereocenters. The first-order chi connectivity index (χ1) is 9.07. The molecule has 4 nitrogen and oxygen atoms in total. The van der Waals surface area contributed by atoms with Gasteiger partial charge in [0, 0.05) is 19.7 Å². The van der Waals surface area contributed by atoms with Crippen LogP contribution in [-0.4, -0.2) is 34.4 Å². The maximum absolute atomic E-state index is 5.78. The summed E-state index contributed by atoms with van der Waals surface area (Å²) in [5.74, 6) is 2.23. The molecule has 0 saturated heterocycles. The fourth-order valence-corrected chi connectivity index (χ4v) is 2.19. The number of methoxy groups -OCH3 is 2. The fraction of sp³-hybridized carbons (Fsp3) is 0.600. The van der Waals surface area contributed by atoms with Crippen LogP contribution >= 0.6 is 0 Å². The number of ether oxygens (including phenoxy) is 2. The van der Waals surface area contributed by atoms with Crippen LogP contribution in [0.4, 0.5) is 5.69 Å². The van der Waals surface area contributed by atoms with Gasteiger partial charge in [0.15, 0.2) is 0 Å². The van der Waals surface area contributed by atoms with E-state index in [1.807, 2.05) is 19.1 Å². The molecular weight excluding hydrogens is 240 g/mol. The minimum absolute atomic E-state index is 0.488. The van der Waals surface area contributed by atoms with E-state index >= 15 is 0 Å². The van der Waals surface area contributed by atoms with Crippen molar-refractivity contribution in [2.45, 2.75) is 20.3 Å². The monoisotopic (exact) mass is 266 g/mol. The molecule has 0 spiro atoms. The molecule has 0 bridgehead atoms. The highest BCUT2D eigenvalue weighted by Gasteiger charge is 2.15. The predicted molar refractivity (Wildman–Crippen MR) is 80.4 cm³/mol.